The Balaban J connectivity index is 1.98. The summed E-state index contributed by atoms with van der Waals surface area (Å²) < 4.78 is 0. The standard InChI is InChI=1S/C15H13N3S/c16-14-10-17-15(19-14)18-13-9-5-4-8-12(13)11-6-2-1-3-7-11/h1-10H,16H2,(H,17,18). The highest BCUT2D eigenvalue weighted by Crippen LogP contribution is 2.31. The van der Waals surface area contributed by atoms with Crippen LogP contribution in [-0.2, 0) is 0 Å². The van der Waals surface area contributed by atoms with Crippen molar-refractivity contribution >= 4 is 27.2 Å². The molecule has 4 heteroatoms. The minimum absolute atomic E-state index is 0.708. The van der Waals surface area contributed by atoms with Gasteiger partial charge >= 0.3 is 0 Å². The van der Waals surface area contributed by atoms with Gasteiger partial charge in [-0.25, -0.2) is 4.98 Å². The quantitative estimate of drug-likeness (QED) is 0.750. The zero-order chi connectivity index (χ0) is 13.1. The highest BCUT2D eigenvalue weighted by molar-refractivity contribution is 7.19. The van der Waals surface area contributed by atoms with Crippen LogP contribution in [0.2, 0.25) is 0 Å². The van der Waals surface area contributed by atoms with Crippen molar-refractivity contribution in [3.8, 4) is 11.1 Å². The van der Waals surface area contributed by atoms with Crippen LogP contribution in [0.25, 0.3) is 11.1 Å². The number of benzene rings is 2. The topological polar surface area (TPSA) is 50.9 Å². The van der Waals surface area contributed by atoms with Crippen LogP contribution in [0.4, 0.5) is 15.8 Å². The van der Waals surface area contributed by atoms with E-state index in [0.29, 0.717) is 5.00 Å². The maximum Gasteiger partial charge on any atom is 0.189 e. The molecule has 3 rings (SSSR count). The van der Waals surface area contributed by atoms with Crippen LogP contribution in [-0.4, -0.2) is 4.98 Å². The van der Waals surface area contributed by atoms with Gasteiger partial charge in [0, 0.05) is 11.3 Å². The highest BCUT2D eigenvalue weighted by Gasteiger charge is 2.06. The molecule has 0 aliphatic carbocycles. The molecule has 19 heavy (non-hydrogen) atoms. The molecule has 1 heterocycles. The van der Waals surface area contributed by atoms with Crippen molar-refractivity contribution in [1.29, 1.82) is 0 Å². The maximum atomic E-state index is 5.70. The van der Waals surface area contributed by atoms with Crippen LogP contribution in [0.3, 0.4) is 0 Å². The fourth-order valence-corrected chi connectivity index (χ4v) is 2.52. The molecule has 0 spiro atoms. The zero-order valence-electron chi connectivity index (χ0n) is 10.2. The first-order valence-electron chi connectivity index (χ1n) is 5.96. The Kier molecular flexibility index (Phi) is 3.16. The number of thiazole rings is 1. The number of anilines is 3. The third-order valence-electron chi connectivity index (χ3n) is 2.78. The van der Waals surface area contributed by atoms with E-state index < -0.39 is 0 Å². The average Bonchev–Trinajstić information content (AvgIpc) is 2.86. The summed E-state index contributed by atoms with van der Waals surface area (Å²) in [6, 6.07) is 18.4. The molecule has 3 N–H and O–H groups in total. The van der Waals surface area contributed by atoms with Crippen LogP contribution >= 0.6 is 11.3 Å². The van der Waals surface area contributed by atoms with Crippen molar-refractivity contribution in [2.75, 3.05) is 11.1 Å². The van der Waals surface area contributed by atoms with Gasteiger partial charge in [0.05, 0.1) is 6.20 Å². The lowest BCUT2D eigenvalue weighted by atomic mass is 10.0. The smallest absolute Gasteiger partial charge is 0.189 e. The molecule has 0 aliphatic rings. The van der Waals surface area contributed by atoms with Gasteiger partial charge in [-0.2, -0.15) is 0 Å². The van der Waals surface area contributed by atoms with E-state index in [1.807, 2.05) is 36.4 Å². The fraction of sp³-hybridized carbons (Fsp3) is 0. The average molecular weight is 267 g/mol. The Bertz CT molecular complexity index is 677. The lowest BCUT2D eigenvalue weighted by Crippen LogP contribution is -1.92. The number of hydrogen-bond acceptors (Lipinski definition) is 4. The molecule has 0 saturated heterocycles. The number of hydrogen-bond donors (Lipinski definition) is 2. The van der Waals surface area contributed by atoms with Crippen LogP contribution in [0.1, 0.15) is 0 Å². The van der Waals surface area contributed by atoms with Gasteiger partial charge < -0.3 is 11.1 Å². The van der Waals surface area contributed by atoms with E-state index in [0.717, 1.165) is 16.4 Å². The molecule has 2 aromatic carbocycles. The third-order valence-corrected chi connectivity index (χ3v) is 3.52. The van der Waals surface area contributed by atoms with Crippen molar-refractivity contribution in [3.05, 3.63) is 60.8 Å². The molecule has 1 aromatic heterocycles. The predicted octanol–water partition coefficient (Wildman–Crippen LogP) is 4.14. The summed E-state index contributed by atoms with van der Waals surface area (Å²) in [5.41, 5.74) is 9.05. The molecule has 0 amide bonds. The Hall–Kier alpha value is -2.33. The summed E-state index contributed by atoms with van der Waals surface area (Å²) in [7, 11) is 0. The van der Waals surface area contributed by atoms with Crippen molar-refractivity contribution in [2.24, 2.45) is 0 Å². The minimum atomic E-state index is 0.708. The molecule has 0 atom stereocenters. The van der Waals surface area contributed by atoms with Crippen LogP contribution in [0, 0.1) is 0 Å². The van der Waals surface area contributed by atoms with Gasteiger partial charge in [0.15, 0.2) is 5.13 Å². The second kappa shape index (κ2) is 5.12. The van der Waals surface area contributed by atoms with Gasteiger partial charge in [-0.15, -0.1) is 0 Å². The maximum absolute atomic E-state index is 5.70. The van der Waals surface area contributed by atoms with Crippen molar-refractivity contribution in [1.82, 2.24) is 4.98 Å². The molecule has 0 saturated carbocycles. The third kappa shape index (κ3) is 2.58. The molecule has 0 radical (unpaired) electrons. The summed E-state index contributed by atoms with van der Waals surface area (Å²) in [5, 5.41) is 4.83. The number of nitrogens with zero attached hydrogens (tertiary/aromatic N) is 1. The lowest BCUT2D eigenvalue weighted by molar-refractivity contribution is 1.39. The predicted molar refractivity (Wildman–Crippen MR) is 81.7 cm³/mol. The van der Waals surface area contributed by atoms with E-state index in [9.17, 15) is 0 Å². The monoisotopic (exact) mass is 267 g/mol. The van der Waals surface area contributed by atoms with E-state index in [4.69, 9.17) is 5.73 Å². The largest absolute Gasteiger partial charge is 0.389 e. The molecule has 0 unspecified atom stereocenters. The summed E-state index contributed by atoms with van der Waals surface area (Å²) in [5.74, 6) is 0. The molecular weight excluding hydrogens is 254 g/mol. The number of nitrogens with one attached hydrogen (secondary N) is 1. The minimum Gasteiger partial charge on any atom is -0.389 e. The Morgan fingerprint density at radius 1 is 0.947 bits per heavy atom. The lowest BCUT2D eigenvalue weighted by Gasteiger charge is -2.10. The Morgan fingerprint density at radius 2 is 1.68 bits per heavy atom. The fourth-order valence-electron chi connectivity index (χ4n) is 1.92. The van der Waals surface area contributed by atoms with Gasteiger partial charge in [0.25, 0.3) is 0 Å². The Labute approximate surface area is 115 Å². The molecule has 3 nitrogen and oxygen atoms in total. The van der Waals surface area contributed by atoms with E-state index in [1.54, 1.807) is 6.20 Å². The molecule has 0 aliphatic heterocycles. The normalized spacial score (nSPS) is 10.3. The van der Waals surface area contributed by atoms with Crippen molar-refractivity contribution in [3.63, 3.8) is 0 Å². The summed E-state index contributed by atoms with van der Waals surface area (Å²) in [6.07, 6.45) is 1.66. The van der Waals surface area contributed by atoms with Gasteiger partial charge in [0.1, 0.15) is 5.00 Å². The zero-order valence-corrected chi connectivity index (χ0v) is 11.0. The number of nitrogen functional groups attached to an aromatic ring is 1. The van der Waals surface area contributed by atoms with Gasteiger partial charge in [0.2, 0.25) is 0 Å². The Morgan fingerprint density at radius 3 is 2.42 bits per heavy atom. The van der Waals surface area contributed by atoms with E-state index in [1.165, 1.54) is 16.9 Å². The van der Waals surface area contributed by atoms with Gasteiger partial charge in [-0.1, -0.05) is 59.9 Å². The summed E-state index contributed by atoms with van der Waals surface area (Å²) in [6.45, 7) is 0. The first-order chi connectivity index (χ1) is 9.33. The SMILES string of the molecule is Nc1cnc(Nc2ccccc2-c2ccccc2)s1. The van der Waals surface area contributed by atoms with E-state index in [-0.39, 0.29) is 0 Å². The molecule has 0 fully saturated rings. The van der Waals surface area contributed by atoms with E-state index in [2.05, 4.69) is 28.5 Å². The van der Waals surface area contributed by atoms with Gasteiger partial charge in [-0.05, 0) is 11.6 Å². The number of aromatic nitrogens is 1. The van der Waals surface area contributed by atoms with E-state index >= 15 is 0 Å². The first-order valence-corrected chi connectivity index (χ1v) is 6.77. The van der Waals surface area contributed by atoms with Crippen molar-refractivity contribution in [2.45, 2.75) is 0 Å². The molecule has 94 valence electrons. The molecule has 0 bridgehead atoms. The van der Waals surface area contributed by atoms with Crippen molar-refractivity contribution < 1.29 is 0 Å². The second-order valence-corrected chi connectivity index (χ2v) is 5.17. The number of para-hydroxylation sites is 1. The second-order valence-electron chi connectivity index (χ2n) is 4.10. The highest BCUT2D eigenvalue weighted by atomic mass is 32.1. The number of nitrogens with two attached hydrogens (primary N) is 1. The van der Waals surface area contributed by atoms with Crippen LogP contribution in [0.5, 0.6) is 0 Å². The summed E-state index contributed by atoms with van der Waals surface area (Å²) >= 11 is 1.44. The summed E-state index contributed by atoms with van der Waals surface area (Å²) in [4.78, 5) is 4.23. The molecule has 3 aromatic rings. The first kappa shape index (κ1) is 11.7. The van der Waals surface area contributed by atoms with Gasteiger partial charge in [-0.3, -0.25) is 0 Å². The molecular formula is C15H13N3S. The van der Waals surface area contributed by atoms with Crippen LogP contribution in [0.15, 0.2) is 60.8 Å². The van der Waals surface area contributed by atoms with Crippen LogP contribution < -0.4 is 11.1 Å². The number of rotatable bonds is 3.